The molecular formula is C24H23Br2ClN2O3. The van der Waals surface area contributed by atoms with Crippen molar-refractivity contribution in [3.8, 4) is 5.88 Å². The van der Waals surface area contributed by atoms with Crippen LogP contribution in [0.4, 0.5) is 0 Å². The molecule has 0 atom stereocenters. The Morgan fingerprint density at radius 1 is 0.750 bits per heavy atom. The van der Waals surface area contributed by atoms with Gasteiger partial charge in [-0.05, 0) is 60.2 Å². The molecule has 2 heterocycles. The Labute approximate surface area is 209 Å². The Morgan fingerprint density at radius 2 is 1.34 bits per heavy atom. The molecule has 2 aromatic heterocycles. The molecule has 168 valence electrons. The maximum Gasteiger partial charge on any atom is 0.221 e. The Kier molecular flexibility index (Phi) is 10.1. The molecule has 0 fully saturated rings. The summed E-state index contributed by atoms with van der Waals surface area (Å²) < 4.78 is 18.4. The lowest BCUT2D eigenvalue weighted by Crippen LogP contribution is -2.11. The van der Waals surface area contributed by atoms with E-state index in [9.17, 15) is 0 Å². The molecule has 0 aliphatic heterocycles. The van der Waals surface area contributed by atoms with Crippen LogP contribution in [0.25, 0.3) is 21.5 Å². The largest absolute Gasteiger partial charge is 0.475 e. The number of fused-ring (bicyclic) bond motifs is 2. The van der Waals surface area contributed by atoms with Gasteiger partial charge in [0.05, 0.1) is 19.8 Å². The first-order chi connectivity index (χ1) is 15.6. The number of benzene rings is 2. The first kappa shape index (κ1) is 24.9. The van der Waals surface area contributed by atoms with Gasteiger partial charge in [0.2, 0.25) is 5.88 Å². The summed E-state index contributed by atoms with van der Waals surface area (Å²) in [6.07, 6.45) is 3.46. The van der Waals surface area contributed by atoms with E-state index >= 15 is 0 Å². The molecule has 0 bridgehead atoms. The standard InChI is InChI=1S/C15H18BrNO3.C9H5BrClN/c1-2-18-7-8-19-9-10-20-15-14-4-3-13(16)11-12(14)5-6-17-15;10-7-1-2-8-6(5-7)3-4-12-9(8)11/h3-6,11H,2,7-10H2,1H3;1-5H. The number of ether oxygens (including phenoxy) is 3. The van der Waals surface area contributed by atoms with Gasteiger partial charge in [0.1, 0.15) is 11.8 Å². The van der Waals surface area contributed by atoms with Crippen LogP contribution in [-0.4, -0.2) is 43.0 Å². The molecular weight excluding hydrogens is 560 g/mol. The molecule has 0 unspecified atom stereocenters. The highest BCUT2D eigenvalue weighted by Crippen LogP contribution is 2.26. The van der Waals surface area contributed by atoms with Gasteiger partial charge in [-0.1, -0.05) is 49.5 Å². The summed E-state index contributed by atoms with van der Waals surface area (Å²) in [6, 6.07) is 15.8. The van der Waals surface area contributed by atoms with E-state index in [1.54, 1.807) is 12.4 Å². The Balaban J connectivity index is 0.000000204. The number of pyridine rings is 2. The van der Waals surface area contributed by atoms with Gasteiger partial charge in [-0.15, -0.1) is 0 Å². The molecule has 8 heteroatoms. The quantitative estimate of drug-likeness (QED) is 0.164. The Bertz CT molecular complexity index is 1160. The Hall–Kier alpha value is -1.77. The van der Waals surface area contributed by atoms with Crippen LogP contribution in [0.2, 0.25) is 5.15 Å². The topological polar surface area (TPSA) is 53.5 Å². The zero-order valence-corrected chi connectivity index (χ0v) is 21.5. The summed E-state index contributed by atoms with van der Waals surface area (Å²) in [5, 5.41) is 4.75. The van der Waals surface area contributed by atoms with Crippen LogP contribution in [-0.2, 0) is 9.47 Å². The highest BCUT2D eigenvalue weighted by atomic mass is 79.9. The Morgan fingerprint density at radius 3 is 2.06 bits per heavy atom. The highest BCUT2D eigenvalue weighted by molar-refractivity contribution is 9.10. The fourth-order valence-electron chi connectivity index (χ4n) is 2.91. The van der Waals surface area contributed by atoms with Crippen molar-refractivity contribution < 1.29 is 14.2 Å². The number of halogens is 3. The molecule has 0 saturated carbocycles. The first-order valence-electron chi connectivity index (χ1n) is 10.1. The van der Waals surface area contributed by atoms with Crippen LogP contribution in [0, 0.1) is 0 Å². The van der Waals surface area contributed by atoms with Gasteiger partial charge in [-0.2, -0.15) is 0 Å². The van der Waals surface area contributed by atoms with Crippen molar-refractivity contribution in [2.24, 2.45) is 0 Å². The molecule has 0 spiro atoms. The lowest BCUT2D eigenvalue weighted by Gasteiger charge is -2.09. The summed E-state index contributed by atoms with van der Waals surface area (Å²) in [4.78, 5) is 8.25. The lowest BCUT2D eigenvalue weighted by molar-refractivity contribution is 0.0401. The van der Waals surface area contributed by atoms with Gasteiger partial charge in [0.25, 0.3) is 0 Å². The molecule has 2 aromatic carbocycles. The second-order valence-corrected chi connectivity index (χ2v) is 8.80. The van der Waals surface area contributed by atoms with Gasteiger partial charge >= 0.3 is 0 Å². The maximum atomic E-state index is 5.88. The highest BCUT2D eigenvalue weighted by Gasteiger charge is 2.04. The molecule has 0 N–H and O–H groups in total. The smallest absolute Gasteiger partial charge is 0.221 e. The third-order valence-corrected chi connectivity index (χ3v) is 5.70. The molecule has 32 heavy (non-hydrogen) atoms. The number of hydrogen-bond donors (Lipinski definition) is 0. The zero-order chi connectivity index (χ0) is 22.8. The van der Waals surface area contributed by atoms with Crippen molar-refractivity contribution in [2.45, 2.75) is 6.92 Å². The lowest BCUT2D eigenvalue weighted by atomic mass is 10.2. The van der Waals surface area contributed by atoms with E-state index in [0.29, 0.717) is 37.5 Å². The predicted octanol–water partition coefficient (Wildman–Crippen LogP) is 7.08. The van der Waals surface area contributed by atoms with Gasteiger partial charge in [0, 0.05) is 38.7 Å². The van der Waals surface area contributed by atoms with E-state index in [1.165, 1.54) is 0 Å². The number of hydrogen-bond acceptors (Lipinski definition) is 5. The van der Waals surface area contributed by atoms with E-state index in [0.717, 1.165) is 37.1 Å². The van der Waals surface area contributed by atoms with Gasteiger partial charge in [-0.3, -0.25) is 0 Å². The van der Waals surface area contributed by atoms with Crippen LogP contribution in [0.15, 0.2) is 69.9 Å². The average Bonchev–Trinajstić information content (AvgIpc) is 2.79. The van der Waals surface area contributed by atoms with Crippen molar-refractivity contribution >= 4 is 65.0 Å². The van der Waals surface area contributed by atoms with Crippen LogP contribution in [0.5, 0.6) is 5.88 Å². The molecule has 0 amide bonds. The van der Waals surface area contributed by atoms with Crippen LogP contribution in [0.3, 0.4) is 0 Å². The minimum absolute atomic E-state index is 0.480. The summed E-state index contributed by atoms with van der Waals surface area (Å²) >= 11 is 12.7. The van der Waals surface area contributed by atoms with Crippen LogP contribution in [0.1, 0.15) is 6.92 Å². The molecule has 0 saturated heterocycles. The fraction of sp³-hybridized carbons (Fsp3) is 0.250. The molecule has 5 nitrogen and oxygen atoms in total. The number of nitrogens with zero attached hydrogens (tertiary/aromatic N) is 2. The van der Waals surface area contributed by atoms with E-state index in [1.807, 2.05) is 55.5 Å². The van der Waals surface area contributed by atoms with Gasteiger partial charge in [-0.25, -0.2) is 9.97 Å². The van der Waals surface area contributed by atoms with Crippen molar-refractivity contribution in [1.82, 2.24) is 9.97 Å². The van der Waals surface area contributed by atoms with Gasteiger partial charge < -0.3 is 14.2 Å². The first-order valence-corrected chi connectivity index (χ1v) is 12.1. The third-order valence-electron chi connectivity index (χ3n) is 4.41. The summed E-state index contributed by atoms with van der Waals surface area (Å²) in [5.74, 6) is 0.642. The molecule has 4 rings (SSSR count). The minimum Gasteiger partial charge on any atom is -0.475 e. The predicted molar refractivity (Wildman–Crippen MR) is 137 cm³/mol. The van der Waals surface area contributed by atoms with Crippen molar-refractivity contribution in [3.05, 3.63) is 75.0 Å². The van der Waals surface area contributed by atoms with E-state index in [4.69, 9.17) is 25.8 Å². The second-order valence-electron chi connectivity index (χ2n) is 6.61. The van der Waals surface area contributed by atoms with E-state index in [-0.39, 0.29) is 0 Å². The fourth-order valence-corrected chi connectivity index (χ4v) is 3.90. The number of aromatic nitrogens is 2. The van der Waals surface area contributed by atoms with Crippen LogP contribution >= 0.6 is 43.5 Å². The average molecular weight is 583 g/mol. The summed E-state index contributed by atoms with van der Waals surface area (Å²) in [6.45, 7) is 4.91. The molecule has 4 aromatic rings. The van der Waals surface area contributed by atoms with Gasteiger partial charge in [0.15, 0.2) is 0 Å². The summed E-state index contributed by atoms with van der Waals surface area (Å²) in [7, 11) is 0. The molecule has 0 aliphatic rings. The number of rotatable bonds is 8. The zero-order valence-electron chi connectivity index (χ0n) is 17.6. The van der Waals surface area contributed by atoms with Crippen molar-refractivity contribution in [3.63, 3.8) is 0 Å². The summed E-state index contributed by atoms with van der Waals surface area (Å²) in [5.41, 5.74) is 0. The van der Waals surface area contributed by atoms with Crippen molar-refractivity contribution in [1.29, 1.82) is 0 Å². The second kappa shape index (κ2) is 13.1. The molecule has 0 aliphatic carbocycles. The van der Waals surface area contributed by atoms with E-state index in [2.05, 4.69) is 41.8 Å². The van der Waals surface area contributed by atoms with Crippen LogP contribution < -0.4 is 4.74 Å². The van der Waals surface area contributed by atoms with Crippen molar-refractivity contribution in [2.75, 3.05) is 33.0 Å². The minimum atomic E-state index is 0.480. The normalized spacial score (nSPS) is 10.8. The SMILES string of the molecule is CCOCCOCCOc1nccc2cc(Br)ccc12.Clc1nccc2cc(Br)ccc12. The molecule has 0 radical (unpaired) electrons. The maximum absolute atomic E-state index is 5.88. The third kappa shape index (κ3) is 7.39. The monoisotopic (exact) mass is 580 g/mol. The van der Waals surface area contributed by atoms with E-state index < -0.39 is 0 Å².